The Labute approximate surface area is 128 Å². The molecule has 5 nitrogen and oxygen atoms in total. The van der Waals surface area contributed by atoms with E-state index in [0.29, 0.717) is 29.4 Å². The number of nitrogens with zero attached hydrogens (tertiary/aromatic N) is 1. The molecule has 1 aromatic rings. The Morgan fingerprint density at radius 1 is 1.33 bits per heavy atom. The molecule has 1 fully saturated rings. The molecule has 0 radical (unpaired) electrons. The third-order valence-electron chi connectivity index (χ3n) is 3.64. The number of hydrogen-bond acceptors (Lipinski definition) is 4. The molecule has 0 spiro atoms. The minimum Gasteiger partial charge on any atom is -0.496 e. The molecule has 0 aliphatic carbocycles. The van der Waals surface area contributed by atoms with Crippen LogP contribution < -0.4 is 4.74 Å². The van der Waals surface area contributed by atoms with E-state index in [2.05, 4.69) is 0 Å². The predicted molar refractivity (Wildman–Crippen MR) is 78.6 cm³/mol. The van der Waals surface area contributed by atoms with Crippen LogP contribution in [0.15, 0.2) is 18.2 Å². The smallest absolute Gasteiger partial charge is 0.310 e. The first kappa shape index (κ1) is 15.6. The lowest BCUT2D eigenvalue weighted by Gasteiger charge is -2.31. The van der Waals surface area contributed by atoms with E-state index in [1.165, 1.54) is 14.2 Å². The lowest BCUT2D eigenvalue weighted by atomic mass is 9.97. The molecule has 114 valence electrons. The Morgan fingerprint density at radius 3 is 2.76 bits per heavy atom. The van der Waals surface area contributed by atoms with Crippen molar-refractivity contribution in [2.24, 2.45) is 5.92 Å². The molecule has 1 aromatic carbocycles. The normalized spacial score (nSPS) is 18.2. The highest BCUT2D eigenvalue weighted by Crippen LogP contribution is 2.26. The second kappa shape index (κ2) is 6.80. The van der Waals surface area contributed by atoms with E-state index in [9.17, 15) is 9.59 Å². The SMILES string of the molecule is COC(=O)[C@H]1CCCN(C(=O)c2cc(Cl)ccc2OC)C1. The number of piperidine rings is 1. The van der Waals surface area contributed by atoms with E-state index in [0.717, 1.165) is 12.8 Å². The summed E-state index contributed by atoms with van der Waals surface area (Å²) in [6.45, 7) is 0.975. The molecule has 0 saturated carbocycles. The predicted octanol–water partition coefficient (Wildman–Crippen LogP) is 2.37. The Balaban J connectivity index is 2.19. The second-order valence-electron chi connectivity index (χ2n) is 4.96. The van der Waals surface area contributed by atoms with E-state index in [1.807, 2.05) is 0 Å². The maximum Gasteiger partial charge on any atom is 0.310 e. The zero-order valence-electron chi connectivity index (χ0n) is 12.1. The highest BCUT2D eigenvalue weighted by atomic mass is 35.5. The van der Waals surface area contributed by atoms with E-state index in [1.54, 1.807) is 23.1 Å². The van der Waals surface area contributed by atoms with Crippen molar-refractivity contribution in [1.29, 1.82) is 0 Å². The zero-order valence-corrected chi connectivity index (χ0v) is 12.9. The number of benzene rings is 1. The molecule has 1 aliphatic heterocycles. The van der Waals surface area contributed by atoms with Gasteiger partial charge in [0, 0.05) is 18.1 Å². The summed E-state index contributed by atoms with van der Waals surface area (Å²) in [5.41, 5.74) is 0.413. The van der Waals surface area contributed by atoms with Crippen LogP contribution in [0.5, 0.6) is 5.75 Å². The Kier molecular flexibility index (Phi) is 5.07. The average molecular weight is 312 g/mol. The fourth-order valence-corrected chi connectivity index (χ4v) is 2.71. The van der Waals surface area contributed by atoms with Crippen LogP contribution >= 0.6 is 11.6 Å². The van der Waals surface area contributed by atoms with Crippen LogP contribution in [0.2, 0.25) is 5.02 Å². The van der Waals surface area contributed by atoms with Crippen molar-refractivity contribution in [1.82, 2.24) is 4.90 Å². The molecule has 0 unspecified atom stereocenters. The van der Waals surface area contributed by atoms with Crippen molar-refractivity contribution in [3.63, 3.8) is 0 Å². The molecule has 1 saturated heterocycles. The van der Waals surface area contributed by atoms with Crippen LogP contribution in [0.4, 0.5) is 0 Å². The molecule has 1 heterocycles. The Morgan fingerprint density at radius 2 is 2.10 bits per heavy atom. The van der Waals surface area contributed by atoms with Gasteiger partial charge in [-0.3, -0.25) is 9.59 Å². The average Bonchev–Trinajstić information content (AvgIpc) is 2.53. The van der Waals surface area contributed by atoms with Gasteiger partial charge in [0.05, 0.1) is 25.7 Å². The fourth-order valence-electron chi connectivity index (χ4n) is 2.54. The lowest BCUT2D eigenvalue weighted by Crippen LogP contribution is -2.42. The number of carbonyl (C=O) groups is 2. The topological polar surface area (TPSA) is 55.8 Å². The number of halogens is 1. The van der Waals surface area contributed by atoms with Gasteiger partial charge in [0.15, 0.2) is 0 Å². The number of esters is 1. The summed E-state index contributed by atoms with van der Waals surface area (Å²) in [6.07, 6.45) is 1.51. The van der Waals surface area contributed by atoms with Crippen LogP contribution in [0.3, 0.4) is 0 Å². The zero-order chi connectivity index (χ0) is 15.4. The third-order valence-corrected chi connectivity index (χ3v) is 3.87. The number of amides is 1. The van der Waals surface area contributed by atoms with Crippen molar-refractivity contribution < 1.29 is 19.1 Å². The van der Waals surface area contributed by atoms with Crippen molar-refractivity contribution in [3.05, 3.63) is 28.8 Å². The number of methoxy groups -OCH3 is 2. The lowest BCUT2D eigenvalue weighted by molar-refractivity contribution is -0.146. The van der Waals surface area contributed by atoms with E-state index >= 15 is 0 Å². The maximum absolute atomic E-state index is 12.6. The van der Waals surface area contributed by atoms with Crippen molar-refractivity contribution in [3.8, 4) is 5.75 Å². The summed E-state index contributed by atoms with van der Waals surface area (Å²) >= 11 is 5.96. The monoisotopic (exact) mass is 311 g/mol. The minimum absolute atomic E-state index is 0.178. The molecule has 0 N–H and O–H groups in total. The summed E-state index contributed by atoms with van der Waals surface area (Å²) in [4.78, 5) is 25.9. The first-order chi connectivity index (χ1) is 10.1. The number of carbonyl (C=O) groups excluding carboxylic acids is 2. The van der Waals surface area contributed by atoms with Crippen LogP contribution in [-0.4, -0.2) is 44.1 Å². The summed E-state index contributed by atoms with van der Waals surface area (Å²) in [7, 11) is 2.87. The van der Waals surface area contributed by atoms with E-state index in [-0.39, 0.29) is 17.8 Å². The van der Waals surface area contributed by atoms with Gasteiger partial charge in [-0.1, -0.05) is 11.6 Å². The Hall–Kier alpha value is -1.75. The van der Waals surface area contributed by atoms with Crippen molar-refractivity contribution in [2.75, 3.05) is 27.3 Å². The number of ether oxygens (including phenoxy) is 2. The molecular weight excluding hydrogens is 294 g/mol. The van der Waals surface area contributed by atoms with Gasteiger partial charge in [-0.05, 0) is 31.0 Å². The Bertz CT molecular complexity index is 546. The summed E-state index contributed by atoms with van der Waals surface area (Å²) in [5.74, 6) is -0.240. The van der Waals surface area contributed by atoms with E-state index in [4.69, 9.17) is 21.1 Å². The number of hydrogen-bond donors (Lipinski definition) is 0. The van der Waals surface area contributed by atoms with Crippen LogP contribution in [-0.2, 0) is 9.53 Å². The van der Waals surface area contributed by atoms with Gasteiger partial charge in [-0.25, -0.2) is 0 Å². The van der Waals surface area contributed by atoms with E-state index < -0.39 is 0 Å². The molecule has 1 aliphatic rings. The maximum atomic E-state index is 12.6. The highest BCUT2D eigenvalue weighted by Gasteiger charge is 2.30. The number of likely N-dealkylation sites (tertiary alicyclic amines) is 1. The van der Waals surface area contributed by atoms with Crippen molar-refractivity contribution in [2.45, 2.75) is 12.8 Å². The summed E-state index contributed by atoms with van der Waals surface area (Å²) < 4.78 is 9.97. The molecule has 6 heteroatoms. The third kappa shape index (κ3) is 3.47. The van der Waals surface area contributed by atoms with Gasteiger partial charge in [0.25, 0.3) is 5.91 Å². The molecule has 0 bridgehead atoms. The molecule has 0 aromatic heterocycles. The highest BCUT2D eigenvalue weighted by molar-refractivity contribution is 6.31. The van der Waals surface area contributed by atoms with Gasteiger partial charge in [0.2, 0.25) is 0 Å². The molecule has 1 amide bonds. The van der Waals surface area contributed by atoms with Crippen LogP contribution in [0.25, 0.3) is 0 Å². The van der Waals surface area contributed by atoms with Gasteiger partial charge < -0.3 is 14.4 Å². The summed E-state index contributed by atoms with van der Waals surface area (Å²) in [5, 5.41) is 0.473. The fraction of sp³-hybridized carbons (Fsp3) is 0.467. The van der Waals surface area contributed by atoms with Crippen molar-refractivity contribution >= 4 is 23.5 Å². The van der Waals surface area contributed by atoms with Crippen LogP contribution in [0, 0.1) is 5.92 Å². The molecule has 1 atom stereocenters. The second-order valence-corrected chi connectivity index (χ2v) is 5.39. The van der Waals surface area contributed by atoms with Crippen LogP contribution in [0.1, 0.15) is 23.2 Å². The number of rotatable bonds is 3. The minimum atomic E-state index is -0.273. The first-order valence-electron chi connectivity index (χ1n) is 6.77. The van der Waals surface area contributed by atoms with Gasteiger partial charge in [-0.2, -0.15) is 0 Å². The standard InChI is InChI=1S/C15H18ClNO4/c1-20-13-6-5-11(16)8-12(13)14(18)17-7-3-4-10(9-17)15(19)21-2/h5-6,8,10H,3-4,7,9H2,1-2H3/t10-/m0/s1. The molecule has 21 heavy (non-hydrogen) atoms. The molecular formula is C15H18ClNO4. The molecule has 2 rings (SSSR count). The summed E-state index contributed by atoms with van der Waals surface area (Å²) in [6, 6.07) is 4.92. The van der Waals surface area contributed by atoms with Gasteiger partial charge in [-0.15, -0.1) is 0 Å². The first-order valence-corrected chi connectivity index (χ1v) is 7.15. The van der Waals surface area contributed by atoms with Gasteiger partial charge >= 0.3 is 5.97 Å². The van der Waals surface area contributed by atoms with Gasteiger partial charge in [0.1, 0.15) is 5.75 Å². The quantitative estimate of drug-likeness (QED) is 0.804. The largest absolute Gasteiger partial charge is 0.496 e.